The van der Waals surface area contributed by atoms with Crippen LogP contribution in [0, 0.1) is 5.82 Å². The van der Waals surface area contributed by atoms with Crippen LogP contribution >= 0.6 is 11.3 Å². The number of halogens is 1. The fourth-order valence-corrected chi connectivity index (χ4v) is 6.78. The van der Waals surface area contributed by atoms with E-state index < -0.39 is 0 Å². The molecule has 0 unspecified atom stereocenters. The van der Waals surface area contributed by atoms with Gasteiger partial charge >= 0.3 is 0 Å². The van der Waals surface area contributed by atoms with E-state index in [1.54, 1.807) is 25.3 Å². The van der Waals surface area contributed by atoms with Crippen molar-refractivity contribution in [3.8, 4) is 11.5 Å². The van der Waals surface area contributed by atoms with Crippen LogP contribution in [0.25, 0.3) is 11.8 Å². The maximum absolute atomic E-state index is 14.0. The quantitative estimate of drug-likeness (QED) is 0.248. The van der Waals surface area contributed by atoms with Crippen LogP contribution in [0.4, 0.5) is 4.39 Å². The van der Waals surface area contributed by atoms with Crippen molar-refractivity contribution >= 4 is 23.1 Å². The lowest BCUT2D eigenvalue weighted by molar-refractivity contribution is 0.300. The van der Waals surface area contributed by atoms with Gasteiger partial charge in [-0.3, -0.25) is 9.36 Å². The minimum absolute atomic E-state index is 0.0834. The molecule has 0 spiro atoms. The molecule has 1 aromatic heterocycles. The highest BCUT2D eigenvalue weighted by atomic mass is 32.1. The van der Waals surface area contributed by atoms with Crippen LogP contribution < -0.4 is 24.4 Å². The number of para-hydroxylation sites is 1. The van der Waals surface area contributed by atoms with Gasteiger partial charge in [-0.25, -0.2) is 9.38 Å². The largest absolute Gasteiger partial charge is 0.496 e. The Morgan fingerprint density at radius 2 is 1.71 bits per heavy atom. The Morgan fingerprint density at radius 1 is 0.952 bits per heavy atom. The third-order valence-electron chi connectivity index (χ3n) is 7.84. The van der Waals surface area contributed by atoms with Gasteiger partial charge < -0.3 is 9.47 Å². The van der Waals surface area contributed by atoms with Crippen molar-refractivity contribution in [3.63, 3.8) is 0 Å². The number of fused-ring (bicyclic) bond motifs is 3. The molecule has 2 aliphatic rings. The van der Waals surface area contributed by atoms with Gasteiger partial charge in [0.15, 0.2) is 4.80 Å². The molecule has 5 aromatic rings. The predicted octanol–water partition coefficient (Wildman–Crippen LogP) is 6.05. The standard InChI is InChI=1S/C35H27FN2O3S/c1-40-30-13-7-5-11-27(30)33-28-19-16-23-8-2-4-10-26(23)32(28)37-35-38(33)34(39)31(42-35)20-22-14-17-25(18-15-22)41-21-24-9-3-6-12-29(24)36/h2-15,17-18,20,33H,16,19,21H2,1H3/b31-20-/t33-/m1/s1. The summed E-state index contributed by atoms with van der Waals surface area (Å²) in [6, 6.07) is 30.0. The highest BCUT2D eigenvalue weighted by Gasteiger charge is 2.33. The first-order valence-corrected chi connectivity index (χ1v) is 14.6. The number of hydrogen-bond donors (Lipinski definition) is 0. The second-order valence-electron chi connectivity index (χ2n) is 10.3. The van der Waals surface area contributed by atoms with Crippen molar-refractivity contribution in [3.05, 3.63) is 156 Å². The van der Waals surface area contributed by atoms with Gasteiger partial charge in [0.05, 0.1) is 23.4 Å². The number of aromatic nitrogens is 1. The number of aryl methyl sites for hydroxylation is 1. The van der Waals surface area contributed by atoms with Crippen molar-refractivity contribution in [2.75, 3.05) is 7.11 Å². The molecule has 7 rings (SSSR count). The summed E-state index contributed by atoms with van der Waals surface area (Å²) in [6.07, 6.45) is 3.60. The minimum atomic E-state index is -0.308. The summed E-state index contributed by atoms with van der Waals surface area (Å²) in [5.74, 6) is 1.08. The highest BCUT2D eigenvalue weighted by Crippen LogP contribution is 2.43. The first kappa shape index (κ1) is 26.2. The van der Waals surface area contributed by atoms with Crippen LogP contribution in [0.5, 0.6) is 11.5 Å². The summed E-state index contributed by atoms with van der Waals surface area (Å²) in [4.78, 5) is 19.8. The van der Waals surface area contributed by atoms with Crippen molar-refractivity contribution < 1.29 is 13.9 Å². The van der Waals surface area contributed by atoms with E-state index in [1.807, 2.05) is 65.2 Å². The molecule has 0 amide bonds. The second-order valence-corrected chi connectivity index (χ2v) is 11.3. The summed E-state index contributed by atoms with van der Waals surface area (Å²) in [6.45, 7) is 0.140. The van der Waals surface area contributed by atoms with Gasteiger partial charge in [-0.05, 0) is 59.9 Å². The maximum atomic E-state index is 14.0. The fourth-order valence-electron chi connectivity index (χ4n) is 5.78. The molecular weight excluding hydrogens is 547 g/mol. The molecular formula is C35H27FN2O3S. The van der Waals surface area contributed by atoms with Gasteiger partial charge in [0.25, 0.3) is 5.56 Å². The molecule has 42 heavy (non-hydrogen) atoms. The van der Waals surface area contributed by atoms with E-state index in [0.29, 0.717) is 20.6 Å². The van der Waals surface area contributed by atoms with Crippen molar-refractivity contribution in [1.29, 1.82) is 0 Å². The number of hydrogen-bond acceptors (Lipinski definition) is 5. The summed E-state index contributed by atoms with van der Waals surface area (Å²) >= 11 is 1.39. The molecule has 1 aliphatic heterocycles. The average molecular weight is 575 g/mol. The summed E-state index contributed by atoms with van der Waals surface area (Å²) in [7, 11) is 1.66. The fraction of sp³-hybridized carbons (Fsp3) is 0.143. The Balaban J connectivity index is 1.29. The van der Waals surface area contributed by atoms with E-state index in [1.165, 1.54) is 23.0 Å². The molecule has 1 aliphatic carbocycles. The van der Waals surface area contributed by atoms with E-state index in [4.69, 9.17) is 14.5 Å². The lowest BCUT2D eigenvalue weighted by Crippen LogP contribution is -2.38. The molecule has 0 saturated heterocycles. The molecule has 0 N–H and O–H groups in total. The monoisotopic (exact) mass is 574 g/mol. The number of benzene rings is 4. The van der Waals surface area contributed by atoms with Crippen molar-refractivity contribution in [2.24, 2.45) is 4.99 Å². The molecule has 4 aromatic carbocycles. The van der Waals surface area contributed by atoms with E-state index in [-0.39, 0.29) is 24.0 Å². The first-order chi connectivity index (χ1) is 20.6. The third kappa shape index (κ3) is 4.65. The minimum Gasteiger partial charge on any atom is -0.496 e. The zero-order valence-corrected chi connectivity index (χ0v) is 23.7. The molecule has 2 heterocycles. The van der Waals surface area contributed by atoms with E-state index in [2.05, 4.69) is 18.2 Å². The molecule has 0 saturated carbocycles. The summed E-state index contributed by atoms with van der Waals surface area (Å²) < 4.78 is 27.9. The van der Waals surface area contributed by atoms with Gasteiger partial charge in [-0.2, -0.15) is 0 Å². The van der Waals surface area contributed by atoms with Crippen LogP contribution in [-0.4, -0.2) is 11.7 Å². The first-order valence-electron chi connectivity index (χ1n) is 13.8. The number of methoxy groups -OCH3 is 1. The number of ether oxygens (including phenoxy) is 2. The molecule has 0 radical (unpaired) electrons. The zero-order valence-electron chi connectivity index (χ0n) is 22.9. The Morgan fingerprint density at radius 3 is 2.55 bits per heavy atom. The van der Waals surface area contributed by atoms with Crippen LogP contribution in [0.2, 0.25) is 0 Å². The van der Waals surface area contributed by atoms with E-state index >= 15 is 0 Å². The topological polar surface area (TPSA) is 52.8 Å². The van der Waals surface area contributed by atoms with Crippen LogP contribution in [0.3, 0.4) is 0 Å². The van der Waals surface area contributed by atoms with Gasteiger partial charge in [0, 0.05) is 16.7 Å². The zero-order chi connectivity index (χ0) is 28.6. The van der Waals surface area contributed by atoms with Crippen LogP contribution in [-0.2, 0) is 13.0 Å². The lowest BCUT2D eigenvalue weighted by atomic mass is 9.83. The Hall–Kier alpha value is -4.75. The van der Waals surface area contributed by atoms with Gasteiger partial charge in [0.1, 0.15) is 23.9 Å². The second kappa shape index (κ2) is 10.9. The summed E-state index contributed by atoms with van der Waals surface area (Å²) in [5.41, 5.74) is 6.72. The number of rotatable bonds is 6. The maximum Gasteiger partial charge on any atom is 0.271 e. The molecule has 0 fully saturated rings. The molecule has 208 valence electrons. The third-order valence-corrected chi connectivity index (χ3v) is 8.82. The summed E-state index contributed by atoms with van der Waals surface area (Å²) in [5, 5.41) is 0. The van der Waals surface area contributed by atoms with Gasteiger partial charge in [-0.15, -0.1) is 0 Å². The van der Waals surface area contributed by atoms with E-state index in [0.717, 1.165) is 46.6 Å². The molecule has 0 bridgehead atoms. The van der Waals surface area contributed by atoms with Crippen molar-refractivity contribution in [2.45, 2.75) is 25.5 Å². The normalized spacial score (nSPS) is 15.9. The lowest BCUT2D eigenvalue weighted by Gasteiger charge is -2.31. The molecule has 1 atom stereocenters. The number of nitrogens with zero attached hydrogens (tertiary/aromatic N) is 2. The average Bonchev–Trinajstić information content (AvgIpc) is 3.34. The van der Waals surface area contributed by atoms with Gasteiger partial charge in [-0.1, -0.05) is 84.1 Å². The van der Waals surface area contributed by atoms with Crippen LogP contribution in [0.15, 0.2) is 112 Å². The van der Waals surface area contributed by atoms with E-state index in [9.17, 15) is 9.18 Å². The smallest absolute Gasteiger partial charge is 0.271 e. The Labute approximate surface area is 246 Å². The highest BCUT2D eigenvalue weighted by molar-refractivity contribution is 7.07. The number of allylic oxidation sites excluding steroid dienone is 1. The predicted molar refractivity (Wildman–Crippen MR) is 163 cm³/mol. The van der Waals surface area contributed by atoms with Gasteiger partial charge in [0.2, 0.25) is 0 Å². The Bertz CT molecular complexity index is 2020. The molecule has 5 nitrogen and oxygen atoms in total. The Kier molecular flexibility index (Phi) is 6.80. The van der Waals surface area contributed by atoms with Crippen molar-refractivity contribution in [1.82, 2.24) is 4.57 Å². The van der Waals surface area contributed by atoms with Crippen LogP contribution in [0.1, 0.15) is 40.3 Å². The molecule has 7 heteroatoms. The number of thiazole rings is 1. The SMILES string of the molecule is COc1ccccc1[C@@H]1C2=C(N=c3s/c(=C\c4ccc(OCc5ccccc5F)cc4)c(=O)n31)c1ccccc1CC2.